The van der Waals surface area contributed by atoms with Crippen molar-refractivity contribution in [3.8, 4) is 0 Å². The summed E-state index contributed by atoms with van der Waals surface area (Å²) in [6.45, 7) is 1.28. The third-order valence-electron chi connectivity index (χ3n) is 4.41. The first-order valence-corrected chi connectivity index (χ1v) is 8.02. The van der Waals surface area contributed by atoms with Gasteiger partial charge in [-0.2, -0.15) is 5.01 Å². The molecule has 0 saturated heterocycles. The lowest BCUT2D eigenvalue weighted by Crippen LogP contribution is -2.61. The lowest BCUT2D eigenvalue weighted by Gasteiger charge is -2.32. The molecule has 0 aliphatic carbocycles. The third-order valence-corrected chi connectivity index (χ3v) is 4.41. The van der Waals surface area contributed by atoms with E-state index in [-0.39, 0.29) is 11.2 Å². The first kappa shape index (κ1) is 16.8. The van der Waals surface area contributed by atoms with Crippen LogP contribution in [0, 0.1) is 0 Å². The van der Waals surface area contributed by atoms with E-state index in [2.05, 4.69) is 15.0 Å². The minimum atomic E-state index is -1.79. The largest absolute Gasteiger partial charge is 0.332 e. The number of rotatable bonds is 2. The molecule has 1 amide bonds. The molecule has 3 aromatic rings. The predicted octanol–water partition coefficient (Wildman–Crippen LogP) is -2.56. The second kappa shape index (κ2) is 5.45. The van der Waals surface area contributed by atoms with Crippen molar-refractivity contribution in [2.24, 2.45) is 29.8 Å². The molecule has 0 saturated carbocycles. The first-order valence-electron chi connectivity index (χ1n) is 8.02. The molecule has 11 heteroatoms. The molecule has 2 aromatic heterocycles. The van der Waals surface area contributed by atoms with Gasteiger partial charge in [0.2, 0.25) is 5.91 Å². The van der Waals surface area contributed by atoms with Crippen LogP contribution in [0.15, 0.2) is 50.2 Å². The van der Waals surface area contributed by atoms with Crippen molar-refractivity contribution in [2.45, 2.75) is 12.8 Å². The molecule has 3 heterocycles. The molecule has 4 rings (SSSR count). The van der Waals surface area contributed by atoms with Crippen LogP contribution in [0.2, 0.25) is 0 Å². The van der Waals surface area contributed by atoms with Gasteiger partial charge in [-0.1, -0.05) is 12.1 Å². The normalized spacial score (nSPS) is 14.5. The van der Waals surface area contributed by atoms with Gasteiger partial charge < -0.3 is 0 Å². The molecule has 0 fully saturated rings. The fraction of sp³-hybridized carbons (Fsp3) is 0.250. The Morgan fingerprint density at radius 1 is 1.11 bits per heavy atom. The van der Waals surface area contributed by atoms with Crippen molar-refractivity contribution in [1.82, 2.24) is 18.8 Å². The number of nitrogens with two attached hydrogens (primary N) is 1. The summed E-state index contributed by atoms with van der Waals surface area (Å²) in [5.41, 5.74) is 5.33. The van der Waals surface area contributed by atoms with Crippen molar-refractivity contribution >= 4 is 17.1 Å². The van der Waals surface area contributed by atoms with Gasteiger partial charge >= 0.3 is 11.6 Å². The quantitative estimate of drug-likeness (QED) is 0.497. The van der Waals surface area contributed by atoms with Crippen molar-refractivity contribution in [3.63, 3.8) is 0 Å². The molecule has 1 aliphatic rings. The van der Waals surface area contributed by atoms with E-state index in [1.54, 1.807) is 24.3 Å². The van der Waals surface area contributed by atoms with Crippen LogP contribution in [-0.4, -0.2) is 30.6 Å². The summed E-state index contributed by atoms with van der Waals surface area (Å²) < 4.78 is 3.34. The van der Waals surface area contributed by atoms with E-state index in [0.717, 1.165) is 9.58 Å². The number of para-hydroxylation sites is 2. The fourth-order valence-corrected chi connectivity index (χ4v) is 3.15. The predicted molar refractivity (Wildman–Crippen MR) is 94.8 cm³/mol. The number of nitrogens with zero attached hydrogens (tertiary/aromatic N) is 7. The summed E-state index contributed by atoms with van der Waals surface area (Å²) in [6, 6.07) is 7.00. The molecule has 0 bridgehead atoms. The van der Waals surface area contributed by atoms with Gasteiger partial charge in [-0.05, 0) is 12.1 Å². The molecule has 1 aromatic carbocycles. The maximum Gasteiger partial charge on any atom is 0.332 e. The van der Waals surface area contributed by atoms with Gasteiger partial charge in [-0.15, -0.1) is 0 Å². The topological polar surface area (TPSA) is 133 Å². The van der Waals surface area contributed by atoms with Gasteiger partial charge in [0.15, 0.2) is 11.2 Å². The molecule has 2 N–H and O–H groups in total. The fourth-order valence-electron chi connectivity index (χ4n) is 3.15. The number of amides is 1. The van der Waals surface area contributed by atoms with Crippen molar-refractivity contribution in [1.29, 1.82) is 0 Å². The molecule has 0 atom stereocenters. The summed E-state index contributed by atoms with van der Waals surface area (Å²) in [7, 11) is 2.83. The van der Waals surface area contributed by atoms with E-state index >= 15 is 0 Å². The van der Waals surface area contributed by atoms with Gasteiger partial charge in [0.05, 0.1) is 10.7 Å². The smallest absolute Gasteiger partial charge is 0.279 e. The molecule has 1 aliphatic heterocycles. The van der Waals surface area contributed by atoms with Gasteiger partial charge in [0, 0.05) is 21.0 Å². The number of aryl methyl sites for hydroxylation is 1. The third kappa shape index (κ3) is 2.25. The number of aromatic nitrogens is 4. The van der Waals surface area contributed by atoms with Crippen molar-refractivity contribution in [2.75, 3.05) is 5.01 Å². The summed E-state index contributed by atoms with van der Waals surface area (Å²) in [4.78, 5) is 50.1. The van der Waals surface area contributed by atoms with Crippen molar-refractivity contribution in [3.05, 3.63) is 62.1 Å². The van der Waals surface area contributed by atoms with E-state index in [0.29, 0.717) is 10.7 Å². The average molecular weight is 368 g/mol. The van der Waals surface area contributed by atoms with E-state index in [9.17, 15) is 14.4 Å². The number of imidazole rings is 1. The first-order chi connectivity index (χ1) is 12.7. The van der Waals surface area contributed by atoms with Gasteiger partial charge in [0.1, 0.15) is 6.33 Å². The second-order valence-corrected chi connectivity index (χ2v) is 6.20. The van der Waals surface area contributed by atoms with Crippen LogP contribution in [0.4, 0.5) is 0 Å². The van der Waals surface area contributed by atoms with Crippen LogP contribution in [0.25, 0.3) is 11.2 Å². The van der Waals surface area contributed by atoms with Gasteiger partial charge in [0.25, 0.3) is 5.56 Å². The number of fused-ring (bicyclic) bond motifs is 2. The lowest BCUT2D eigenvalue weighted by molar-refractivity contribution is -0.119. The molecule has 0 unspecified atom stereocenters. The molecule has 138 valence electrons. The Balaban J connectivity index is 2.04. The van der Waals surface area contributed by atoms with Gasteiger partial charge in [-0.25, -0.2) is 24.4 Å². The van der Waals surface area contributed by atoms with Crippen LogP contribution < -0.4 is 32.7 Å². The Hall–Kier alpha value is -3.60. The van der Waals surface area contributed by atoms with Crippen LogP contribution in [-0.2, 0) is 18.9 Å². The number of hydrogen-bond donors (Lipinski definition) is 1. The highest BCUT2D eigenvalue weighted by atomic mass is 16.2. The Morgan fingerprint density at radius 3 is 2.26 bits per heavy atom. The zero-order valence-electron chi connectivity index (χ0n) is 14.8. The summed E-state index contributed by atoms with van der Waals surface area (Å²) >= 11 is 0. The molecular weight excluding hydrogens is 352 g/mol. The number of carbonyl (C=O) groups is 1. The molecule has 0 radical (unpaired) electrons. The minimum Gasteiger partial charge on any atom is -0.279 e. The van der Waals surface area contributed by atoms with Crippen molar-refractivity contribution < 1.29 is 4.79 Å². The van der Waals surface area contributed by atoms with Crippen LogP contribution >= 0.6 is 0 Å². The number of benzene rings is 1. The highest BCUT2D eigenvalue weighted by Crippen LogP contribution is 2.16. The molecule has 0 spiro atoms. The van der Waals surface area contributed by atoms with Crippen LogP contribution in [0.5, 0.6) is 0 Å². The maximum absolute atomic E-state index is 12.7. The number of carbonyl (C=O) groups excluding carboxylic acids is 1. The Kier molecular flexibility index (Phi) is 3.40. The Bertz CT molecular complexity index is 1310. The van der Waals surface area contributed by atoms with E-state index in [4.69, 9.17) is 5.73 Å². The zero-order valence-corrected chi connectivity index (χ0v) is 14.8. The Labute approximate surface area is 151 Å². The van der Waals surface area contributed by atoms with Gasteiger partial charge in [-0.3, -0.25) is 24.5 Å². The minimum absolute atomic E-state index is 0.0148. The van der Waals surface area contributed by atoms with Crippen LogP contribution in [0.3, 0.4) is 0 Å². The standard InChI is InChI=1S/C16H16N8O3/c1-9(25)24(16(17)19-10-6-4-5-7-11(10)20-16)23-8-18-13-12(23)14(26)22(3)15(27)21(13)2/h4-8H,17H2,1-3H3. The zero-order chi connectivity index (χ0) is 19.5. The highest BCUT2D eigenvalue weighted by Gasteiger charge is 2.39. The summed E-state index contributed by atoms with van der Waals surface area (Å²) in [5, 5.41) is 2.08. The molecule has 27 heavy (non-hydrogen) atoms. The second-order valence-electron chi connectivity index (χ2n) is 6.20. The lowest BCUT2D eigenvalue weighted by atomic mass is 10.3. The highest BCUT2D eigenvalue weighted by molar-refractivity contribution is 5.87. The monoisotopic (exact) mass is 368 g/mol. The van der Waals surface area contributed by atoms with Crippen LogP contribution in [0.1, 0.15) is 6.92 Å². The summed E-state index contributed by atoms with van der Waals surface area (Å²) in [6.07, 6.45) is 1.25. The Morgan fingerprint density at radius 2 is 1.70 bits per heavy atom. The molecule has 11 nitrogen and oxygen atoms in total. The van der Waals surface area contributed by atoms with E-state index in [1.807, 2.05) is 0 Å². The SMILES string of the molecule is CC(=O)N(n1cnc2c1c(=O)n(C)c(=O)n2C)C1(N)N=c2ccccc2=N1. The maximum atomic E-state index is 12.7. The summed E-state index contributed by atoms with van der Waals surface area (Å²) in [5.74, 6) is -2.30. The molecular formula is C16H16N8O3. The van der Waals surface area contributed by atoms with E-state index in [1.165, 1.54) is 36.6 Å². The van der Waals surface area contributed by atoms with E-state index < -0.39 is 23.1 Å². The number of hydrogen-bond acceptors (Lipinski definition) is 7. The average Bonchev–Trinajstić information content (AvgIpc) is 3.18.